The number of nitrogens with zero attached hydrogens (tertiary/aromatic N) is 2. The number of halogens is 2. The Bertz CT molecular complexity index is 1030. The van der Waals surface area contributed by atoms with Crippen LogP contribution < -0.4 is 15.4 Å². The molecule has 2 heterocycles. The number of fused-ring (bicyclic) bond motifs is 1. The Hall–Kier alpha value is -2.75. The molecular weight excluding hydrogens is 494 g/mol. The van der Waals surface area contributed by atoms with Crippen LogP contribution in [0.25, 0.3) is 0 Å². The van der Waals surface area contributed by atoms with Crippen LogP contribution in [0.3, 0.4) is 0 Å². The molecule has 0 spiro atoms. The van der Waals surface area contributed by atoms with Gasteiger partial charge in [0.15, 0.2) is 11.6 Å². The Morgan fingerprint density at radius 1 is 1.11 bits per heavy atom. The van der Waals surface area contributed by atoms with E-state index >= 15 is 0 Å². The van der Waals surface area contributed by atoms with Gasteiger partial charge in [-0.05, 0) is 43.9 Å². The van der Waals surface area contributed by atoms with Gasteiger partial charge in [-0.25, -0.2) is 8.78 Å². The second-order valence-corrected chi connectivity index (χ2v) is 12.0. The fourth-order valence-corrected chi connectivity index (χ4v) is 5.35. The summed E-state index contributed by atoms with van der Waals surface area (Å²) >= 11 is 0. The third-order valence-electron chi connectivity index (χ3n) is 7.50. The zero-order valence-electron chi connectivity index (χ0n) is 23.5. The lowest BCUT2D eigenvalue weighted by molar-refractivity contribution is -0.141. The minimum Gasteiger partial charge on any atom is -0.493 e. The highest BCUT2D eigenvalue weighted by Gasteiger charge is 2.53. The lowest BCUT2D eigenvalue weighted by Crippen LogP contribution is -2.59. The molecule has 1 aromatic rings. The first kappa shape index (κ1) is 29.8. The van der Waals surface area contributed by atoms with Crippen LogP contribution >= 0.6 is 0 Å². The summed E-state index contributed by atoms with van der Waals surface area (Å²) in [6.45, 7) is 12.4. The Morgan fingerprint density at radius 3 is 2.37 bits per heavy atom. The molecule has 5 atom stereocenters. The molecule has 2 N–H and O–H groups in total. The molecule has 38 heavy (non-hydrogen) atoms. The quantitative estimate of drug-likeness (QED) is 0.507. The van der Waals surface area contributed by atoms with Crippen LogP contribution in [0.2, 0.25) is 0 Å². The van der Waals surface area contributed by atoms with Crippen LogP contribution in [0.5, 0.6) is 5.75 Å². The second kappa shape index (κ2) is 12.0. The van der Waals surface area contributed by atoms with E-state index in [1.54, 1.807) is 18.9 Å². The molecule has 0 aromatic heterocycles. The van der Waals surface area contributed by atoms with Crippen molar-refractivity contribution in [1.82, 2.24) is 20.4 Å². The van der Waals surface area contributed by atoms with Gasteiger partial charge in [-0.1, -0.05) is 34.6 Å². The first-order valence-corrected chi connectivity index (χ1v) is 13.4. The molecule has 2 saturated heterocycles. The maximum Gasteiger partial charge on any atom is 0.246 e. The van der Waals surface area contributed by atoms with Crippen molar-refractivity contribution in [3.05, 3.63) is 29.8 Å². The van der Waals surface area contributed by atoms with Gasteiger partial charge in [0, 0.05) is 31.5 Å². The average molecular weight is 537 g/mol. The number of likely N-dealkylation sites (tertiary alicyclic amines) is 2. The molecule has 0 aliphatic carbocycles. The summed E-state index contributed by atoms with van der Waals surface area (Å²) in [6.07, 6.45) is 1.02. The summed E-state index contributed by atoms with van der Waals surface area (Å²) < 4.78 is 33.0. The van der Waals surface area contributed by atoms with E-state index in [0.717, 1.165) is 12.1 Å². The van der Waals surface area contributed by atoms with Crippen molar-refractivity contribution >= 4 is 17.7 Å². The minimum atomic E-state index is -1.00. The lowest BCUT2D eigenvalue weighted by atomic mass is 9.85. The Morgan fingerprint density at radius 2 is 1.79 bits per heavy atom. The lowest BCUT2D eigenvalue weighted by Gasteiger charge is -2.37. The number of hydrogen-bond acceptors (Lipinski definition) is 5. The number of ether oxygens (including phenoxy) is 1. The molecule has 1 unspecified atom stereocenters. The second-order valence-electron chi connectivity index (χ2n) is 12.0. The average Bonchev–Trinajstić information content (AvgIpc) is 3.42. The van der Waals surface area contributed by atoms with Crippen molar-refractivity contribution in [2.45, 2.75) is 78.6 Å². The smallest absolute Gasteiger partial charge is 0.246 e. The summed E-state index contributed by atoms with van der Waals surface area (Å²) in [5.41, 5.74) is -0.554. The van der Waals surface area contributed by atoms with Crippen molar-refractivity contribution < 1.29 is 27.9 Å². The van der Waals surface area contributed by atoms with Gasteiger partial charge < -0.3 is 25.2 Å². The number of carbonyl (C=O) groups is 3. The summed E-state index contributed by atoms with van der Waals surface area (Å²) in [5, 5.41) is 5.83. The largest absolute Gasteiger partial charge is 0.493 e. The van der Waals surface area contributed by atoms with E-state index in [4.69, 9.17) is 4.74 Å². The van der Waals surface area contributed by atoms with Gasteiger partial charge in [-0.15, -0.1) is 0 Å². The first-order chi connectivity index (χ1) is 17.7. The van der Waals surface area contributed by atoms with Crippen LogP contribution in [-0.4, -0.2) is 78.4 Å². The van der Waals surface area contributed by atoms with Crippen LogP contribution in [0, 0.1) is 28.9 Å². The van der Waals surface area contributed by atoms with E-state index in [0.29, 0.717) is 25.9 Å². The van der Waals surface area contributed by atoms with Crippen LogP contribution in [0.4, 0.5) is 8.78 Å². The first-order valence-electron chi connectivity index (χ1n) is 13.4. The number of benzene rings is 1. The van der Waals surface area contributed by atoms with Gasteiger partial charge in [0.1, 0.15) is 11.8 Å². The molecule has 2 aliphatic heterocycles. The monoisotopic (exact) mass is 536 g/mol. The molecule has 0 saturated carbocycles. The zero-order chi connectivity index (χ0) is 28.4. The molecule has 3 amide bonds. The fourth-order valence-electron chi connectivity index (χ4n) is 5.35. The predicted octanol–water partition coefficient (Wildman–Crippen LogP) is 2.96. The molecule has 212 valence electrons. The van der Waals surface area contributed by atoms with E-state index < -0.39 is 29.1 Å². The molecule has 0 radical (unpaired) electrons. The Balaban J connectivity index is 1.87. The summed E-state index contributed by atoms with van der Waals surface area (Å²) in [7, 11) is 1.68. The molecule has 2 fully saturated rings. The number of amides is 3. The van der Waals surface area contributed by atoms with Gasteiger partial charge in [0.05, 0.1) is 24.7 Å². The number of hydrogen-bond donors (Lipinski definition) is 2. The predicted molar refractivity (Wildman–Crippen MR) is 140 cm³/mol. The molecule has 10 heteroatoms. The molecule has 8 nitrogen and oxygen atoms in total. The Kier molecular flexibility index (Phi) is 9.39. The summed E-state index contributed by atoms with van der Waals surface area (Å²) in [6, 6.07) is 1.65. The molecule has 0 bridgehead atoms. The van der Waals surface area contributed by atoms with E-state index in [9.17, 15) is 23.2 Å². The normalized spacial score (nSPS) is 22.8. The third kappa shape index (κ3) is 6.62. The Labute approximate surface area is 224 Å². The van der Waals surface area contributed by atoms with Crippen LogP contribution in [0.1, 0.15) is 54.4 Å². The standard InChI is InChI=1S/C28H42F2N4O4/c1-16(2)12-23(35)34-14-18(15-38-19-8-9-20(29)21(30)13-19)24-22(34)10-11-33(24)27(37)25(28(4,5)6)32-26(36)17(3)31-7/h8-9,13,16-18,22,24-25,31H,10-12,14-15H2,1-7H3,(H,32,36)/t17-,18+,22+,24+,25?/m0/s1. The van der Waals surface area contributed by atoms with Crippen LogP contribution in [-0.2, 0) is 14.4 Å². The number of nitrogens with one attached hydrogen (secondary N) is 2. The van der Waals surface area contributed by atoms with Crippen LogP contribution in [0.15, 0.2) is 18.2 Å². The van der Waals surface area contributed by atoms with E-state index in [1.165, 1.54) is 6.07 Å². The molecule has 3 rings (SSSR count). The highest BCUT2D eigenvalue weighted by molar-refractivity contribution is 5.90. The fraction of sp³-hybridized carbons (Fsp3) is 0.679. The maximum absolute atomic E-state index is 14.0. The minimum absolute atomic E-state index is 0.0307. The molecule has 1 aromatic carbocycles. The van der Waals surface area contributed by atoms with Crippen molar-refractivity contribution in [2.24, 2.45) is 17.3 Å². The van der Waals surface area contributed by atoms with Crippen molar-refractivity contribution in [3.8, 4) is 5.75 Å². The van der Waals surface area contributed by atoms with Gasteiger partial charge >= 0.3 is 0 Å². The number of likely N-dealkylation sites (N-methyl/N-ethyl adjacent to an activating group) is 1. The summed E-state index contributed by atoms with van der Waals surface area (Å²) in [5.74, 6) is -2.26. The van der Waals surface area contributed by atoms with Crippen molar-refractivity contribution in [1.29, 1.82) is 0 Å². The van der Waals surface area contributed by atoms with Crippen molar-refractivity contribution in [3.63, 3.8) is 0 Å². The highest BCUT2D eigenvalue weighted by atomic mass is 19.2. The highest BCUT2D eigenvalue weighted by Crippen LogP contribution is 2.38. The van der Waals surface area contributed by atoms with Crippen molar-refractivity contribution in [2.75, 3.05) is 26.7 Å². The number of carbonyl (C=O) groups excluding carboxylic acids is 3. The summed E-state index contributed by atoms with van der Waals surface area (Å²) in [4.78, 5) is 43.5. The van der Waals surface area contributed by atoms with E-state index in [1.807, 2.05) is 39.5 Å². The third-order valence-corrected chi connectivity index (χ3v) is 7.50. The zero-order valence-corrected chi connectivity index (χ0v) is 23.5. The molecular formula is C28H42F2N4O4. The topological polar surface area (TPSA) is 91.0 Å². The maximum atomic E-state index is 14.0. The molecule has 2 aliphatic rings. The van der Waals surface area contributed by atoms with Gasteiger partial charge in [0.25, 0.3) is 0 Å². The SMILES string of the molecule is CN[C@@H](C)C(=O)NC(C(=O)N1CC[C@@H]2[C@H]1[C@@H](COc1ccc(F)c(F)c1)CN2C(=O)CC(C)C)C(C)(C)C. The van der Waals surface area contributed by atoms with Gasteiger partial charge in [0.2, 0.25) is 17.7 Å². The van der Waals surface area contributed by atoms with Gasteiger partial charge in [-0.3, -0.25) is 14.4 Å². The number of rotatable bonds is 9. The van der Waals surface area contributed by atoms with E-state index in [2.05, 4.69) is 10.6 Å². The van der Waals surface area contributed by atoms with E-state index in [-0.39, 0.29) is 54.0 Å². The van der Waals surface area contributed by atoms with Gasteiger partial charge in [-0.2, -0.15) is 0 Å².